The fraction of sp³-hybridized carbons (Fsp3) is 0.435. The van der Waals surface area contributed by atoms with Gasteiger partial charge in [-0.1, -0.05) is 43.5 Å². The van der Waals surface area contributed by atoms with Gasteiger partial charge in [0.25, 0.3) is 0 Å². The van der Waals surface area contributed by atoms with E-state index < -0.39 is 10.0 Å². The van der Waals surface area contributed by atoms with Gasteiger partial charge in [0.1, 0.15) is 0 Å². The summed E-state index contributed by atoms with van der Waals surface area (Å²) in [4.78, 5) is 12.8. The van der Waals surface area contributed by atoms with E-state index in [1.165, 1.54) is 23.6 Å². The maximum atomic E-state index is 12.9. The molecule has 5 nitrogen and oxygen atoms in total. The van der Waals surface area contributed by atoms with Crippen molar-refractivity contribution in [3.8, 4) is 0 Å². The van der Waals surface area contributed by atoms with E-state index in [0.29, 0.717) is 36.7 Å². The lowest BCUT2D eigenvalue weighted by Crippen LogP contribution is -2.36. The van der Waals surface area contributed by atoms with Crippen LogP contribution in [0.25, 0.3) is 0 Å². The van der Waals surface area contributed by atoms with Crippen molar-refractivity contribution in [1.82, 2.24) is 4.31 Å². The molecule has 29 heavy (non-hydrogen) atoms. The Balaban J connectivity index is 1.45. The number of hydrogen-bond donors (Lipinski definition) is 1. The minimum Gasteiger partial charge on any atom is -0.326 e. The lowest BCUT2D eigenvalue weighted by molar-refractivity contribution is -0.117. The number of carbonyl (C=O) groups excluding carboxylic acids is 1. The van der Waals surface area contributed by atoms with Crippen LogP contribution in [0.15, 0.2) is 53.4 Å². The first-order valence-corrected chi connectivity index (χ1v) is 11.9. The van der Waals surface area contributed by atoms with Crippen LogP contribution in [0.1, 0.15) is 49.7 Å². The first-order chi connectivity index (χ1) is 14.0. The third-order valence-corrected chi connectivity index (χ3v) is 7.91. The van der Waals surface area contributed by atoms with Gasteiger partial charge < -0.3 is 5.32 Å². The van der Waals surface area contributed by atoms with E-state index >= 15 is 0 Å². The third-order valence-electron chi connectivity index (χ3n) is 6.05. The van der Waals surface area contributed by atoms with Crippen LogP contribution in [0.4, 0.5) is 5.69 Å². The van der Waals surface area contributed by atoms with Crippen molar-refractivity contribution in [2.24, 2.45) is 5.92 Å². The number of nitrogens with zero attached hydrogens (tertiary/aromatic N) is 1. The van der Waals surface area contributed by atoms with Crippen molar-refractivity contribution in [1.29, 1.82) is 0 Å². The van der Waals surface area contributed by atoms with E-state index in [9.17, 15) is 13.2 Å². The van der Waals surface area contributed by atoms with Crippen molar-refractivity contribution >= 4 is 21.6 Å². The molecule has 0 unspecified atom stereocenters. The van der Waals surface area contributed by atoms with Gasteiger partial charge in [0.15, 0.2) is 0 Å². The maximum absolute atomic E-state index is 12.9. The van der Waals surface area contributed by atoms with Crippen LogP contribution >= 0.6 is 0 Å². The highest BCUT2D eigenvalue weighted by atomic mass is 32.2. The zero-order valence-electron chi connectivity index (χ0n) is 16.6. The van der Waals surface area contributed by atoms with Gasteiger partial charge in [-0.2, -0.15) is 4.31 Å². The minimum atomic E-state index is -3.51. The van der Waals surface area contributed by atoms with Crippen LogP contribution in [-0.2, 0) is 27.8 Å². The van der Waals surface area contributed by atoms with Crippen LogP contribution in [0.2, 0.25) is 0 Å². The molecule has 0 spiro atoms. The predicted molar refractivity (Wildman–Crippen MR) is 114 cm³/mol. The SMILES string of the molecule is O=C(CC1CCCCC1)Nc1ccc2c(c1)CN(S(=O)(=O)c1ccccc1)CC2. The summed E-state index contributed by atoms with van der Waals surface area (Å²) in [6, 6.07) is 14.4. The van der Waals surface area contributed by atoms with Gasteiger partial charge in [0, 0.05) is 25.2 Å². The van der Waals surface area contributed by atoms with Crippen LogP contribution in [0, 0.1) is 5.92 Å². The average Bonchev–Trinajstić information content (AvgIpc) is 2.74. The number of sulfonamides is 1. The molecular formula is C23H28N2O3S. The Morgan fingerprint density at radius 2 is 1.76 bits per heavy atom. The highest BCUT2D eigenvalue weighted by Crippen LogP contribution is 2.29. The van der Waals surface area contributed by atoms with Crippen LogP contribution in [0.3, 0.4) is 0 Å². The molecule has 6 heteroatoms. The summed E-state index contributed by atoms with van der Waals surface area (Å²) in [6.07, 6.45) is 7.27. The molecule has 0 radical (unpaired) electrons. The third kappa shape index (κ3) is 4.70. The molecule has 4 rings (SSSR count). The molecule has 2 aromatic carbocycles. The van der Waals surface area contributed by atoms with E-state index in [-0.39, 0.29) is 5.91 Å². The lowest BCUT2D eigenvalue weighted by atomic mass is 9.87. The van der Waals surface area contributed by atoms with Crippen molar-refractivity contribution in [2.45, 2.75) is 56.4 Å². The highest BCUT2D eigenvalue weighted by Gasteiger charge is 2.28. The van der Waals surface area contributed by atoms with Crippen LogP contribution in [0.5, 0.6) is 0 Å². The smallest absolute Gasteiger partial charge is 0.243 e. The first-order valence-electron chi connectivity index (χ1n) is 10.5. The van der Waals surface area contributed by atoms with Gasteiger partial charge in [-0.3, -0.25) is 4.79 Å². The number of fused-ring (bicyclic) bond motifs is 1. The van der Waals surface area contributed by atoms with Crippen molar-refractivity contribution in [2.75, 3.05) is 11.9 Å². The van der Waals surface area contributed by atoms with E-state index in [2.05, 4.69) is 5.32 Å². The molecular weight excluding hydrogens is 384 g/mol. The highest BCUT2D eigenvalue weighted by molar-refractivity contribution is 7.89. The van der Waals surface area contributed by atoms with Gasteiger partial charge in [-0.15, -0.1) is 0 Å². The molecule has 1 aliphatic carbocycles. The molecule has 2 aliphatic rings. The maximum Gasteiger partial charge on any atom is 0.243 e. The Kier molecular flexibility index (Phi) is 6.01. The number of anilines is 1. The standard InChI is InChI=1S/C23H28N2O3S/c26-23(15-18-7-3-1-4-8-18)24-21-12-11-19-13-14-25(17-20(19)16-21)29(27,28)22-9-5-2-6-10-22/h2,5-6,9-12,16,18H,1,3-4,7-8,13-15,17H2,(H,24,26). The predicted octanol–water partition coefficient (Wildman–Crippen LogP) is 4.34. The summed E-state index contributed by atoms with van der Waals surface area (Å²) < 4.78 is 27.4. The lowest BCUT2D eigenvalue weighted by Gasteiger charge is -2.28. The molecule has 154 valence electrons. The fourth-order valence-electron chi connectivity index (χ4n) is 4.42. The summed E-state index contributed by atoms with van der Waals surface area (Å²) in [7, 11) is -3.51. The fourth-order valence-corrected chi connectivity index (χ4v) is 5.86. The van der Waals surface area contributed by atoms with Crippen molar-refractivity contribution in [3.05, 3.63) is 59.7 Å². The van der Waals surface area contributed by atoms with Gasteiger partial charge in [0.2, 0.25) is 15.9 Å². The van der Waals surface area contributed by atoms with Gasteiger partial charge in [-0.05, 0) is 60.6 Å². The number of hydrogen-bond acceptors (Lipinski definition) is 3. The Morgan fingerprint density at radius 3 is 2.52 bits per heavy atom. The van der Waals surface area contributed by atoms with Gasteiger partial charge in [0.05, 0.1) is 4.90 Å². The molecule has 1 saturated carbocycles. The number of benzene rings is 2. The summed E-state index contributed by atoms with van der Waals surface area (Å²) >= 11 is 0. The van der Waals surface area contributed by atoms with Crippen LogP contribution in [-0.4, -0.2) is 25.2 Å². The Bertz CT molecular complexity index is 967. The number of carbonyl (C=O) groups is 1. The summed E-state index contributed by atoms with van der Waals surface area (Å²) in [5.41, 5.74) is 2.87. The second-order valence-electron chi connectivity index (χ2n) is 8.14. The van der Waals surface area contributed by atoms with E-state index in [1.54, 1.807) is 24.3 Å². The second-order valence-corrected chi connectivity index (χ2v) is 10.1. The number of rotatable bonds is 5. The Morgan fingerprint density at radius 1 is 1.00 bits per heavy atom. The molecule has 1 aliphatic heterocycles. The molecule has 0 saturated heterocycles. The summed E-state index contributed by atoms with van der Waals surface area (Å²) in [6.45, 7) is 0.802. The number of nitrogens with one attached hydrogen (secondary N) is 1. The quantitative estimate of drug-likeness (QED) is 0.794. The molecule has 1 fully saturated rings. The van der Waals surface area contributed by atoms with Crippen molar-refractivity contribution in [3.63, 3.8) is 0 Å². The summed E-state index contributed by atoms with van der Waals surface area (Å²) in [5, 5.41) is 3.02. The van der Waals surface area contributed by atoms with Crippen LogP contribution < -0.4 is 5.32 Å². The zero-order valence-corrected chi connectivity index (χ0v) is 17.5. The normalized spacial score (nSPS) is 18.2. The summed E-state index contributed by atoms with van der Waals surface area (Å²) in [5.74, 6) is 0.550. The zero-order chi connectivity index (χ0) is 20.3. The molecule has 1 N–H and O–H groups in total. The average molecular weight is 413 g/mol. The van der Waals surface area contributed by atoms with Gasteiger partial charge in [-0.25, -0.2) is 8.42 Å². The van der Waals surface area contributed by atoms with Gasteiger partial charge >= 0.3 is 0 Å². The molecule has 1 amide bonds. The van der Waals surface area contributed by atoms with E-state index in [4.69, 9.17) is 0 Å². The second kappa shape index (κ2) is 8.67. The van der Waals surface area contributed by atoms with E-state index in [1.807, 2.05) is 24.3 Å². The molecule has 1 heterocycles. The monoisotopic (exact) mass is 412 g/mol. The Hall–Kier alpha value is -2.18. The minimum absolute atomic E-state index is 0.0569. The molecule has 0 aromatic heterocycles. The largest absolute Gasteiger partial charge is 0.326 e. The Labute approximate surface area is 173 Å². The van der Waals surface area contributed by atoms with Crippen molar-refractivity contribution < 1.29 is 13.2 Å². The molecule has 0 bridgehead atoms. The molecule has 2 aromatic rings. The topological polar surface area (TPSA) is 66.5 Å². The molecule has 0 atom stereocenters. The first kappa shape index (κ1) is 20.1. The van der Waals surface area contributed by atoms with E-state index in [0.717, 1.165) is 29.7 Å². The number of amides is 1.